The summed E-state index contributed by atoms with van der Waals surface area (Å²) in [4.78, 5) is 27.0. The highest BCUT2D eigenvalue weighted by atomic mass is 32.2. The third-order valence-corrected chi connectivity index (χ3v) is 6.50. The highest BCUT2D eigenvalue weighted by molar-refractivity contribution is 8.18. The first-order chi connectivity index (χ1) is 16.4. The number of nitrogens with zero attached hydrogens (tertiary/aromatic N) is 3. The number of sulfonamides is 1. The maximum Gasteiger partial charge on any atom is 0.416 e. The molecule has 0 spiro atoms. The predicted molar refractivity (Wildman–Crippen MR) is 121 cm³/mol. The van der Waals surface area contributed by atoms with E-state index in [-0.39, 0.29) is 21.6 Å². The van der Waals surface area contributed by atoms with Crippen molar-refractivity contribution in [3.05, 3.63) is 69.8 Å². The molecule has 1 aliphatic heterocycles. The van der Waals surface area contributed by atoms with Crippen LogP contribution in [-0.4, -0.2) is 41.0 Å². The molecule has 180 valence electrons. The number of amides is 2. The highest BCUT2D eigenvalue weighted by Gasteiger charge is 2.40. The zero-order valence-electron chi connectivity index (χ0n) is 17.7. The molecule has 0 atom stereocenters. The van der Waals surface area contributed by atoms with Crippen molar-refractivity contribution in [3.8, 4) is 6.07 Å². The Labute approximate surface area is 200 Å². The second-order valence-corrected chi connectivity index (χ2v) is 10.2. The first kappa shape index (κ1) is 24.5. The van der Waals surface area contributed by atoms with Gasteiger partial charge in [-0.1, -0.05) is 12.1 Å². The van der Waals surface area contributed by atoms with Crippen molar-refractivity contribution < 1.29 is 31.2 Å². The lowest BCUT2D eigenvalue weighted by Crippen LogP contribution is -2.44. The van der Waals surface area contributed by atoms with Gasteiger partial charge in [-0.2, -0.15) is 28.5 Å². The van der Waals surface area contributed by atoms with Crippen molar-refractivity contribution in [1.82, 2.24) is 20.0 Å². The van der Waals surface area contributed by atoms with Gasteiger partial charge < -0.3 is 0 Å². The fraction of sp³-hybridized carbons (Fsp3) is 0.143. The van der Waals surface area contributed by atoms with Crippen LogP contribution < -0.4 is 4.83 Å². The van der Waals surface area contributed by atoms with Crippen molar-refractivity contribution >= 4 is 49.4 Å². The van der Waals surface area contributed by atoms with E-state index in [1.807, 2.05) is 4.83 Å². The van der Waals surface area contributed by atoms with E-state index >= 15 is 0 Å². The summed E-state index contributed by atoms with van der Waals surface area (Å²) in [6.07, 6.45) is -2.99. The molecule has 1 aliphatic rings. The Morgan fingerprint density at radius 1 is 1.23 bits per heavy atom. The first-order valence-corrected chi connectivity index (χ1v) is 12.4. The molecule has 2 heterocycles. The summed E-state index contributed by atoms with van der Waals surface area (Å²) in [6.45, 7) is 0. The number of hydrogen-bond acceptors (Lipinski definition) is 7. The Morgan fingerprint density at radius 2 is 1.97 bits per heavy atom. The van der Waals surface area contributed by atoms with Gasteiger partial charge in [-0.15, -0.1) is 4.83 Å². The van der Waals surface area contributed by atoms with E-state index < -0.39 is 39.3 Å². The molecule has 14 heteroatoms. The van der Waals surface area contributed by atoms with Crippen molar-refractivity contribution in [2.75, 3.05) is 6.26 Å². The Hall–Kier alpha value is -3.67. The molecule has 0 aliphatic carbocycles. The molecule has 1 fully saturated rings. The molecule has 2 N–H and O–H groups in total. The number of aromatic amines is 1. The number of rotatable bonds is 5. The van der Waals surface area contributed by atoms with Crippen LogP contribution in [0, 0.1) is 11.3 Å². The number of hydrazine groups is 1. The van der Waals surface area contributed by atoms with Crippen molar-refractivity contribution in [3.63, 3.8) is 0 Å². The van der Waals surface area contributed by atoms with E-state index in [4.69, 9.17) is 5.26 Å². The van der Waals surface area contributed by atoms with E-state index in [9.17, 15) is 31.2 Å². The van der Waals surface area contributed by atoms with Crippen LogP contribution in [-0.2, 0) is 27.4 Å². The minimum Gasteiger partial charge on any atom is -0.278 e. The average Bonchev–Trinajstić information content (AvgIpc) is 3.35. The maximum absolute atomic E-state index is 13.8. The molecular weight excluding hydrogens is 507 g/mol. The maximum atomic E-state index is 13.8. The molecule has 9 nitrogen and oxygen atoms in total. The number of nitriles is 1. The number of allylic oxidation sites excluding steroid dienone is 1. The number of carbonyl (C=O) groups excluding carboxylic acids is 2. The molecule has 1 saturated heterocycles. The predicted octanol–water partition coefficient (Wildman–Crippen LogP) is 3.57. The molecule has 3 aromatic rings. The number of nitrogens with one attached hydrogen (secondary N) is 2. The topological polar surface area (TPSA) is 136 Å². The fourth-order valence-electron chi connectivity index (χ4n) is 3.49. The number of aromatic nitrogens is 2. The second-order valence-electron chi connectivity index (χ2n) is 7.51. The van der Waals surface area contributed by atoms with Crippen LogP contribution >= 0.6 is 11.8 Å². The molecule has 0 saturated carbocycles. The van der Waals surface area contributed by atoms with Crippen LogP contribution in [0.4, 0.5) is 18.0 Å². The van der Waals surface area contributed by atoms with Gasteiger partial charge in [0.1, 0.15) is 0 Å². The van der Waals surface area contributed by atoms with Crippen molar-refractivity contribution in [1.29, 1.82) is 5.26 Å². The van der Waals surface area contributed by atoms with Crippen LogP contribution in [0.3, 0.4) is 0 Å². The summed E-state index contributed by atoms with van der Waals surface area (Å²) in [5, 5.41) is 15.6. The number of thioether (sulfide) groups is 1. The van der Waals surface area contributed by atoms with Gasteiger partial charge in [-0.05, 0) is 59.1 Å². The summed E-state index contributed by atoms with van der Waals surface area (Å²) < 4.78 is 64.6. The van der Waals surface area contributed by atoms with Gasteiger partial charge in [0, 0.05) is 5.39 Å². The summed E-state index contributed by atoms with van der Waals surface area (Å²) in [5.41, 5.74) is -0.450. The molecule has 1 aromatic heterocycles. The monoisotopic (exact) mass is 521 g/mol. The lowest BCUT2D eigenvalue weighted by Gasteiger charge is -2.17. The highest BCUT2D eigenvalue weighted by Crippen LogP contribution is 2.40. The fourth-order valence-corrected chi connectivity index (χ4v) is 4.94. The average molecular weight is 522 g/mol. The van der Waals surface area contributed by atoms with E-state index in [0.717, 1.165) is 12.3 Å². The van der Waals surface area contributed by atoms with Crippen LogP contribution in [0.1, 0.15) is 22.3 Å². The molecule has 0 bridgehead atoms. The van der Waals surface area contributed by atoms with Crippen LogP contribution in [0.5, 0.6) is 0 Å². The van der Waals surface area contributed by atoms with Gasteiger partial charge in [0.25, 0.3) is 5.91 Å². The first-order valence-electron chi connectivity index (χ1n) is 9.68. The molecule has 0 unspecified atom stereocenters. The van der Waals surface area contributed by atoms with E-state index in [0.29, 0.717) is 39.3 Å². The number of benzene rings is 2. The minimum atomic E-state index is -4.79. The third kappa shape index (κ3) is 5.06. The van der Waals surface area contributed by atoms with E-state index in [1.54, 1.807) is 24.3 Å². The van der Waals surface area contributed by atoms with Gasteiger partial charge >= 0.3 is 11.4 Å². The Kier molecular flexibility index (Phi) is 6.18. The Morgan fingerprint density at radius 3 is 2.63 bits per heavy atom. The van der Waals surface area contributed by atoms with Gasteiger partial charge in [0.2, 0.25) is 10.0 Å². The Balaban J connectivity index is 1.90. The number of fused-ring (bicyclic) bond motifs is 1. The molecule has 0 radical (unpaired) electrons. The number of hydrogen-bond donors (Lipinski definition) is 2. The van der Waals surface area contributed by atoms with Crippen LogP contribution in [0.2, 0.25) is 0 Å². The zero-order chi connectivity index (χ0) is 25.5. The summed E-state index contributed by atoms with van der Waals surface area (Å²) in [6, 6.07) is 9.48. The van der Waals surface area contributed by atoms with E-state index in [2.05, 4.69) is 10.2 Å². The number of imide groups is 1. The number of H-pyrrole nitrogens is 1. The standard InChI is InChI=1S/C21H14F3N5O4S2/c1-35(32,33)28-29-19(30)18(34-20(29)31)15(12-4-5-17-14(7-12)10-26-27-17)8-13-3-2-11(9-25)6-16(13)21(22,23)24/h2-7,10,28H,8H2,1H3,(H,26,27)/b18-15-. The molecule has 35 heavy (non-hydrogen) atoms. The second kappa shape index (κ2) is 8.84. The van der Waals surface area contributed by atoms with Crippen molar-refractivity contribution in [2.24, 2.45) is 0 Å². The number of carbonyl (C=O) groups is 2. The smallest absolute Gasteiger partial charge is 0.278 e. The van der Waals surface area contributed by atoms with Crippen LogP contribution in [0.15, 0.2) is 47.5 Å². The van der Waals surface area contributed by atoms with Gasteiger partial charge in [-0.25, -0.2) is 8.42 Å². The summed E-state index contributed by atoms with van der Waals surface area (Å²) in [5.74, 6) is -1.02. The van der Waals surface area contributed by atoms with Gasteiger partial charge in [0.05, 0.1) is 40.1 Å². The normalized spacial score (nSPS) is 16.1. The number of halogens is 3. The van der Waals surface area contributed by atoms with Gasteiger partial charge in [0.15, 0.2) is 0 Å². The molecular formula is C21H14F3N5O4S2. The third-order valence-electron chi connectivity index (χ3n) is 5.00. The molecule has 4 rings (SSSR count). The number of alkyl halides is 3. The molecule has 2 amide bonds. The van der Waals surface area contributed by atoms with Crippen molar-refractivity contribution in [2.45, 2.75) is 12.6 Å². The quantitative estimate of drug-likeness (QED) is 0.490. The molecule has 2 aromatic carbocycles. The summed E-state index contributed by atoms with van der Waals surface area (Å²) in [7, 11) is -3.99. The summed E-state index contributed by atoms with van der Waals surface area (Å²) >= 11 is 0.406. The van der Waals surface area contributed by atoms with Crippen LogP contribution in [0.25, 0.3) is 16.5 Å². The van der Waals surface area contributed by atoms with Gasteiger partial charge in [-0.3, -0.25) is 14.7 Å². The Bertz CT molecular complexity index is 1550. The van der Waals surface area contributed by atoms with E-state index in [1.165, 1.54) is 12.3 Å². The largest absolute Gasteiger partial charge is 0.416 e. The lowest BCUT2D eigenvalue weighted by molar-refractivity contribution is -0.138. The zero-order valence-corrected chi connectivity index (χ0v) is 19.3. The SMILES string of the molecule is CS(=O)(=O)NN1C(=O)S/C(=C(/Cc2ccc(C#N)cc2C(F)(F)F)c2ccc3[nH]ncc3c2)C1=O. The minimum absolute atomic E-state index is 0.0736. The lowest BCUT2D eigenvalue weighted by atomic mass is 9.92.